The molecule has 0 aliphatic rings. The molecule has 4 nitrogen and oxygen atoms in total. The molecule has 1 rings (SSSR count). The van der Waals surface area contributed by atoms with Gasteiger partial charge in [-0.05, 0) is 13.0 Å². The average molecular weight is 151 g/mol. The molecule has 0 spiro atoms. The van der Waals surface area contributed by atoms with Gasteiger partial charge in [-0.25, -0.2) is 0 Å². The van der Waals surface area contributed by atoms with Gasteiger partial charge in [0.05, 0.1) is 6.20 Å². The van der Waals surface area contributed by atoms with Gasteiger partial charge in [0, 0.05) is 17.3 Å². The molecule has 0 bridgehead atoms. The van der Waals surface area contributed by atoms with Crippen LogP contribution in [0.4, 0.5) is 0 Å². The number of nitrogens with two attached hydrogens (primary N) is 1. The van der Waals surface area contributed by atoms with Gasteiger partial charge in [0.1, 0.15) is 0 Å². The molecule has 3 N–H and O–H groups in total. The summed E-state index contributed by atoms with van der Waals surface area (Å²) in [7, 11) is 0. The van der Waals surface area contributed by atoms with Crippen LogP contribution in [-0.4, -0.2) is 16.1 Å². The minimum atomic E-state index is -0.453. The molecule has 1 aromatic rings. The summed E-state index contributed by atoms with van der Waals surface area (Å²) in [6.07, 6.45) is 4.56. The van der Waals surface area contributed by atoms with Crippen molar-refractivity contribution in [3.8, 4) is 0 Å². The van der Waals surface area contributed by atoms with Crippen molar-refractivity contribution in [3.63, 3.8) is 0 Å². The number of carbonyl (C=O) groups excluding carboxylic acids is 1. The number of hydrogen-bond donors (Lipinski definition) is 2. The second-order valence-corrected chi connectivity index (χ2v) is 2.19. The molecular formula is C7H9N3O. The monoisotopic (exact) mass is 151 g/mol. The van der Waals surface area contributed by atoms with Crippen LogP contribution in [0.1, 0.15) is 11.3 Å². The Hall–Kier alpha value is -1.58. The summed E-state index contributed by atoms with van der Waals surface area (Å²) in [4.78, 5) is 10.3. The first-order valence-corrected chi connectivity index (χ1v) is 3.17. The van der Waals surface area contributed by atoms with Crippen LogP contribution >= 0.6 is 0 Å². The van der Waals surface area contributed by atoms with E-state index in [0.717, 1.165) is 11.3 Å². The highest BCUT2D eigenvalue weighted by Crippen LogP contribution is 2.03. The van der Waals surface area contributed by atoms with Crippen molar-refractivity contribution in [2.24, 2.45) is 5.73 Å². The van der Waals surface area contributed by atoms with E-state index in [1.54, 1.807) is 12.3 Å². The molecule has 1 heterocycles. The maximum atomic E-state index is 10.3. The number of nitrogens with one attached hydrogen (secondary N) is 1. The van der Waals surface area contributed by atoms with Crippen LogP contribution in [0.2, 0.25) is 0 Å². The van der Waals surface area contributed by atoms with Gasteiger partial charge in [-0.15, -0.1) is 0 Å². The van der Waals surface area contributed by atoms with Crippen LogP contribution in [0.25, 0.3) is 6.08 Å². The summed E-state index contributed by atoms with van der Waals surface area (Å²) in [6, 6.07) is 0. The normalized spacial score (nSPS) is 10.6. The smallest absolute Gasteiger partial charge is 0.241 e. The van der Waals surface area contributed by atoms with Crippen molar-refractivity contribution in [2.45, 2.75) is 6.92 Å². The Balaban J connectivity index is 2.79. The van der Waals surface area contributed by atoms with Gasteiger partial charge in [-0.1, -0.05) is 0 Å². The summed E-state index contributed by atoms with van der Waals surface area (Å²) in [5.41, 5.74) is 6.70. The van der Waals surface area contributed by atoms with Crippen LogP contribution in [-0.2, 0) is 4.79 Å². The first-order chi connectivity index (χ1) is 5.20. The van der Waals surface area contributed by atoms with Crippen LogP contribution in [0.5, 0.6) is 0 Å². The third kappa shape index (κ3) is 1.93. The zero-order valence-corrected chi connectivity index (χ0v) is 6.16. The van der Waals surface area contributed by atoms with Crippen molar-refractivity contribution < 1.29 is 4.79 Å². The summed E-state index contributed by atoms with van der Waals surface area (Å²) in [5.74, 6) is -0.453. The molecule has 58 valence electrons. The maximum Gasteiger partial charge on any atom is 0.241 e. The van der Waals surface area contributed by atoms with E-state index in [2.05, 4.69) is 10.2 Å². The van der Waals surface area contributed by atoms with Gasteiger partial charge >= 0.3 is 0 Å². The van der Waals surface area contributed by atoms with E-state index in [0.29, 0.717) is 0 Å². The fourth-order valence-corrected chi connectivity index (χ4v) is 0.700. The third-order valence-electron chi connectivity index (χ3n) is 1.30. The van der Waals surface area contributed by atoms with E-state index in [9.17, 15) is 4.79 Å². The Morgan fingerprint density at radius 2 is 2.55 bits per heavy atom. The average Bonchev–Trinajstić information content (AvgIpc) is 2.31. The van der Waals surface area contributed by atoms with E-state index >= 15 is 0 Å². The number of carbonyl (C=O) groups is 1. The fourth-order valence-electron chi connectivity index (χ4n) is 0.700. The minimum absolute atomic E-state index is 0.453. The van der Waals surface area contributed by atoms with Crippen LogP contribution in [0.3, 0.4) is 0 Å². The second-order valence-electron chi connectivity index (χ2n) is 2.19. The predicted molar refractivity (Wildman–Crippen MR) is 41.6 cm³/mol. The highest BCUT2D eigenvalue weighted by molar-refractivity contribution is 5.90. The van der Waals surface area contributed by atoms with E-state index in [-0.39, 0.29) is 0 Å². The molecule has 0 radical (unpaired) electrons. The number of aromatic nitrogens is 2. The quantitative estimate of drug-likeness (QED) is 0.593. The Morgan fingerprint density at radius 3 is 3.00 bits per heavy atom. The van der Waals surface area contributed by atoms with Crippen molar-refractivity contribution in [1.82, 2.24) is 10.2 Å². The Kier molecular flexibility index (Phi) is 2.06. The predicted octanol–water partition coefficient (Wildman–Crippen LogP) is 0.217. The molecule has 0 aliphatic carbocycles. The molecule has 0 aliphatic heterocycles. The van der Waals surface area contributed by atoms with E-state index < -0.39 is 5.91 Å². The highest BCUT2D eigenvalue weighted by Gasteiger charge is 1.94. The molecule has 1 aromatic heterocycles. The van der Waals surface area contributed by atoms with Gasteiger partial charge in [-0.3, -0.25) is 9.89 Å². The number of primary amides is 1. The van der Waals surface area contributed by atoms with E-state index in [1.807, 2.05) is 6.92 Å². The summed E-state index contributed by atoms with van der Waals surface area (Å²) >= 11 is 0. The number of amides is 1. The van der Waals surface area contributed by atoms with Gasteiger partial charge in [-0.2, -0.15) is 5.10 Å². The van der Waals surface area contributed by atoms with Crippen molar-refractivity contribution in [3.05, 3.63) is 23.5 Å². The molecule has 0 saturated heterocycles. The highest BCUT2D eigenvalue weighted by atomic mass is 16.1. The van der Waals surface area contributed by atoms with Gasteiger partial charge in [0.15, 0.2) is 0 Å². The molecule has 1 amide bonds. The van der Waals surface area contributed by atoms with E-state index in [1.165, 1.54) is 6.08 Å². The molecule has 0 atom stereocenters. The molecule has 4 heteroatoms. The Morgan fingerprint density at radius 1 is 1.82 bits per heavy atom. The van der Waals surface area contributed by atoms with E-state index in [4.69, 9.17) is 5.73 Å². The Labute approximate surface area is 64.1 Å². The van der Waals surface area contributed by atoms with Crippen LogP contribution < -0.4 is 5.73 Å². The summed E-state index contributed by atoms with van der Waals surface area (Å²) < 4.78 is 0. The third-order valence-corrected chi connectivity index (χ3v) is 1.30. The van der Waals surface area contributed by atoms with Crippen molar-refractivity contribution >= 4 is 12.0 Å². The molecule has 0 unspecified atom stereocenters. The lowest BCUT2D eigenvalue weighted by Gasteiger charge is -1.85. The largest absolute Gasteiger partial charge is 0.366 e. The standard InChI is InChI=1S/C7H9N3O/c1-5-6(4-9-10-5)2-3-7(8)11/h2-4H,1H3,(H2,8,11)(H,9,10). The van der Waals surface area contributed by atoms with Crippen LogP contribution in [0.15, 0.2) is 12.3 Å². The van der Waals surface area contributed by atoms with Crippen molar-refractivity contribution in [1.29, 1.82) is 0 Å². The lowest BCUT2D eigenvalue weighted by Crippen LogP contribution is -2.05. The lowest BCUT2D eigenvalue weighted by molar-refractivity contribution is -0.113. The number of H-pyrrole nitrogens is 1. The van der Waals surface area contributed by atoms with Crippen molar-refractivity contribution in [2.75, 3.05) is 0 Å². The molecule has 0 aromatic carbocycles. The summed E-state index contributed by atoms with van der Waals surface area (Å²) in [5, 5.41) is 6.51. The molecule has 0 fully saturated rings. The zero-order chi connectivity index (χ0) is 8.27. The Bertz CT molecular complexity index is 288. The SMILES string of the molecule is Cc1[nH]ncc1C=CC(N)=O. The fraction of sp³-hybridized carbons (Fsp3) is 0.143. The number of aryl methyl sites for hydroxylation is 1. The van der Waals surface area contributed by atoms with Gasteiger partial charge in [0.25, 0.3) is 0 Å². The topological polar surface area (TPSA) is 71.8 Å². The number of aromatic amines is 1. The zero-order valence-electron chi connectivity index (χ0n) is 6.16. The first-order valence-electron chi connectivity index (χ1n) is 3.17. The summed E-state index contributed by atoms with van der Waals surface area (Å²) in [6.45, 7) is 1.87. The lowest BCUT2D eigenvalue weighted by atomic mass is 10.2. The minimum Gasteiger partial charge on any atom is -0.366 e. The maximum absolute atomic E-state index is 10.3. The number of rotatable bonds is 2. The second kappa shape index (κ2) is 3.01. The van der Waals surface area contributed by atoms with Gasteiger partial charge < -0.3 is 5.73 Å². The molecular weight excluding hydrogens is 142 g/mol. The molecule has 0 saturated carbocycles. The number of hydrogen-bond acceptors (Lipinski definition) is 2. The number of nitrogens with zero attached hydrogens (tertiary/aromatic N) is 1. The van der Waals surface area contributed by atoms with Gasteiger partial charge in [0.2, 0.25) is 5.91 Å². The molecule has 11 heavy (non-hydrogen) atoms. The van der Waals surface area contributed by atoms with Crippen LogP contribution in [0, 0.1) is 6.92 Å². The first kappa shape index (κ1) is 7.53.